The summed E-state index contributed by atoms with van der Waals surface area (Å²) in [7, 11) is 0. The lowest BCUT2D eigenvalue weighted by Crippen LogP contribution is -2.22. The van der Waals surface area contributed by atoms with E-state index < -0.39 is 11.9 Å². The van der Waals surface area contributed by atoms with Gasteiger partial charge in [0, 0.05) is 17.5 Å². The van der Waals surface area contributed by atoms with Crippen molar-refractivity contribution in [3.8, 4) is 11.5 Å². The Kier molecular flexibility index (Phi) is 8.64. The first-order valence-corrected chi connectivity index (χ1v) is 12.8. The molecule has 1 aliphatic heterocycles. The summed E-state index contributed by atoms with van der Waals surface area (Å²) < 4.78 is 30.9. The highest BCUT2D eigenvalue weighted by Gasteiger charge is 2.29. The van der Waals surface area contributed by atoms with Gasteiger partial charge in [-0.15, -0.1) is 0 Å². The number of aliphatic imine (C=N–C) groups is 1. The van der Waals surface area contributed by atoms with E-state index in [1.54, 1.807) is 23.9 Å². The summed E-state index contributed by atoms with van der Waals surface area (Å²) in [6, 6.07) is 14.0. The topological polar surface area (TPSA) is 94.2 Å². The largest absolute Gasteiger partial charge is 0.492 e. The van der Waals surface area contributed by atoms with Crippen molar-refractivity contribution in [3.63, 3.8) is 0 Å². The first kappa shape index (κ1) is 25.8. The Morgan fingerprint density at radius 1 is 1.19 bits per heavy atom. The van der Waals surface area contributed by atoms with Crippen molar-refractivity contribution in [2.24, 2.45) is 4.99 Å². The van der Waals surface area contributed by atoms with Crippen molar-refractivity contribution in [3.05, 3.63) is 77.4 Å². The maximum atomic E-state index is 14.5. The average molecular weight is 513 g/mol. The summed E-state index contributed by atoms with van der Waals surface area (Å²) in [5.41, 5.74) is 2.12. The Morgan fingerprint density at radius 3 is 2.67 bits per heavy atom. The number of aromatic nitrogens is 1. The summed E-state index contributed by atoms with van der Waals surface area (Å²) >= 11 is 1.57. The molecule has 2 unspecified atom stereocenters. The number of hydrogen-bond donors (Lipinski definition) is 1. The van der Waals surface area contributed by atoms with E-state index in [-0.39, 0.29) is 29.3 Å². The van der Waals surface area contributed by atoms with Gasteiger partial charge in [-0.05, 0) is 49.2 Å². The summed E-state index contributed by atoms with van der Waals surface area (Å²) in [4.78, 5) is 16.0. The van der Waals surface area contributed by atoms with E-state index in [1.165, 1.54) is 12.3 Å². The van der Waals surface area contributed by atoms with Crippen LogP contribution in [0.4, 0.5) is 4.39 Å². The number of nitrogens with zero attached hydrogens (tertiary/aromatic N) is 2. The van der Waals surface area contributed by atoms with Gasteiger partial charge < -0.3 is 19.1 Å². The van der Waals surface area contributed by atoms with Crippen LogP contribution in [-0.2, 0) is 4.79 Å². The Labute approximate surface area is 213 Å². The molecular formula is C27H29FN2O5S. The number of benzene rings is 2. The third-order valence-corrected chi connectivity index (χ3v) is 7.34. The fourth-order valence-corrected chi connectivity index (χ4v) is 5.05. The van der Waals surface area contributed by atoms with Crippen LogP contribution in [0.5, 0.6) is 11.5 Å². The number of thioether (sulfide) groups is 1. The molecule has 0 saturated carbocycles. The third kappa shape index (κ3) is 6.46. The molecule has 2 aromatic carbocycles. The molecule has 3 aromatic rings. The number of rotatable bonds is 12. The zero-order chi connectivity index (χ0) is 25.5. The van der Waals surface area contributed by atoms with Crippen LogP contribution < -0.4 is 9.47 Å². The number of carboxylic acid groups (broad SMARTS) is 1. The van der Waals surface area contributed by atoms with Gasteiger partial charge >= 0.3 is 5.97 Å². The van der Waals surface area contributed by atoms with E-state index in [2.05, 4.69) is 12.1 Å². The number of halogens is 1. The number of ether oxygens (including phenoxy) is 2. The van der Waals surface area contributed by atoms with Crippen molar-refractivity contribution in [2.75, 3.05) is 13.2 Å². The predicted molar refractivity (Wildman–Crippen MR) is 137 cm³/mol. The lowest BCUT2D eigenvalue weighted by Gasteiger charge is -2.16. The number of carboxylic acids is 1. The van der Waals surface area contributed by atoms with Crippen LogP contribution in [0.25, 0.3) is 0 Å². The molecule has 0 bridgehead atoms. The van der Waals surface area contributed by atoms with Gasteiger partial charge in [-0.2, -0.15) is 0 Å². The molecule has 0 amide bonds. The molecule has 0 fully saturated rings. The van der Waals surface area contributed by atoms with Crippen molar-refractivity contribution >= 4 is 22.8 Å². The molecule has 4 rings (SSSR count). The van der Waals surface area contributed by atoms with E-state index in [9.17, 15) is 14.3 Å². The number of carbonyl (C=O) groups is 1. The zero-order valence-electron chi connectivity index (χ0n) is 20.2. The number of aliphatic carboxylic acids is 1. The molecule has 0 saturated heterocycles. The maximum Gasteiger partial charge on any atom is 0.304 e. The molecule has 36 heavy (non-hydrogen) atoms. The van der Waals surface area contributed by atoms with Gasteiger partial charge in [-0.3, -0.25) is 9.79 Å². The van der Waals surface area contributed by atoms with Crippen LogP contribution in [0.1, 0.15) is 55.8 Å². The SMILES string of the molecule is CCCCOc1ccc(C2=NC(C)C(COc3ccc([C@H](CC(=O)O)c4ccon4)cc3)S2)cc1F. The van der Waals surface area contributed by atoms with Gasteiger partial charge in [0.05, 0.1) is 35.1 Å². The van der Waals surface area contributed by atoms with Crippen LogP contribution in [0.2, 0.25) is 0 Å². The fourth-order valence-electron chi connectivity index (χ4n) is 3.88. The molecule has 1 aromatic heterocycles. The Bertz CT molecular complexity index is 1180. The van der Waals surface area contributed by atoms with Gasteiger partial charge in [-0.1, -0.05) is 42.4 Å². The molecule has 3 atom stereocenters. The minimum absolute atomic E-state index is 0.0138. The molecule has 1 aliphatic rings. The maximum absolute atomic E-state index is 14.5. The highest BCUT2D eigenvalue weighted by Crippen LogP contribution is 2.33. The Balaban J connectivity index is 1.34. The van der Waals surface area contributed by atoms with Crippen molar-refractivity contribution in [2.45, 2.75) is 50.3 Å². The first-order chi connectivity index (χ1) is 17.4. The number of unbranched alkanes of at least 4 members (excludes halogenated alkanes) is 1. The van der Waals surface area contributed by atoms with Crippen molar-refractivity contribution in [1.29, 1.82) is 0 Å². The Morgan fingerprint density at radius 2 is 2.00 bits per heavy atom. The van der Waals surface area contributed by atoms with Crippen molar-refractivity contribution < 1.29 is 28.3 Å². The predicted octanol–water partition coefficient (Wildman–Crippen LogP) is 5.93. The normalized spacial score (nSPS) is 18.0. The van der Waals surface area contributed by atoms with Gasteiger partial charge in [0.2, 0.25) is 0 Å². The van der Waals surface area contributed by atoms with E-state index in [0.717, 1.165) is 29.0 Å². The minimum Gasteiger partial charge on any atom is -0.492 e. The summed E-state index contributed by atoms with van der Waals surface area (Å²) in [5, 5.41) is 14.1. The second kappa shape index (κ2) is 12.1. The third-order valence-electron chi connectivity index (χ3n) is 5.95. The van der Waals surface area contributed by atoms with Crippen LogP contribution in [-0.4, -0.2) is 45.8 Å². The quantitative estimate of drug-likeness (QED) is 0.301. The van der Waals surface area contributed by atoms with Crippen LogP contribution in [0.3, 0.4) is 0 Å². The Hall–Kier alpha value is -3.33. The van der Waals surface area contributed by atoms with E-state index in [4.69, 9.17) is 19.0 Å². The smallest absolute Gasteiger partial charge is 0.304 e. The summed E-state index contributed by atoms with van der Waals surface area (Å²) in [6.45, 7) is 5.01. The summed E-state index contributed by atoms with van der Waals surface area (Å²) in [6.07, 6.45) is 3.22. The second-order valence-electron chi connectivity index (χ2n) is 8.63. The van der Waals surface area contributed by atoms with Gasteiger partial charge in [-0.25, -0.2) is 4.39 Å². The average Bonchev–Trinajstić information content (AvgIpc) is 3.53. The van der Waals surface area contributed by atoms with E-state index in [1.807, 2.05) is 37.3 Å². The molecule has 0 aliphatic carbocycles. The molecule has 9 heteroatoms. The number of hydrogen-bond acceptors (Lipinski definition) is 7. The van der Waals surface area contributed by atoms with Gasteiger partial charge in [0.1, 0.15) is 18.6 Å². The molecule has 0 spiro atoms. The van der Waals surface area contributed by atoms with E-state index >= 15 is 0 Å². The molecule has 0 radical (unpaired) electrons. The standard InChI is InChI=1S/C27H29FN2O5S/c1-3-4-12-33-24-10-7-19(14-22(24)28)27-29-17(2)25(36-27)16-34-20-8-5-18(6-9-20)21(15-26(31)32)23-11-13-35-30-23/h5-11,13-14,17,21,25H,3-4,12,15-16H2,1-2H3,(H,31,32)/t17?,21-,25?/m0/s1. The fraction of sp³-hybridized carbons (Fsp3) is 0.370. The first-order valence-electron chi connectivity index (χ1n) is 12.0. The monoisotopic (exact) mass is 512 g/mol. The molecule has 2 heterocycles. The van der Waals surface area contributed by atoms with Crippen molar-refractivity contribution in [1.82, 2.24) is 5.16 Å². The summed E-state index contributed by atoms with van der Waals surface area (Å²) in [5.74, 6) is -0.758. The van der Waals surface area contributed by atoms with E-state index in [0.29, 0.717) is 24.7 Å². The molecular weight excluding hydrogens is 483 g/mol. The highest BCUT2D eigenvalue weighted by atomic mass is 32.2. The zero-order valence-corrected chi connectivity index (χ0v) is 21.0. The lowest BCUT2D eigenvalue weighted by atomic mass is 9.92. The lowest BCUT2D eigenvalue weighted by molar-refractivity contribution is -0.137. The molecule has 7 nitrogen and oxygen atoms in total. The van der Waals surface area contributed by atoms with Crippen LogP contribution >= 0.6 is 11.8 Å². The second-order valence-corrected chi connectivity index (χ2v) is 9.86. The van der Waals surface area contributed by atoms with Crippen LogP contribution in [0.15, 0.2) is 64.3 Å². The molecule has 190 valence electrons. The minimum atomic E-state index is -0.912. The van der Waals surface area contributed by atoms with Gasteiger partial charge in [0.25, 0.3) is 0 Å². The van der Waals surface area contributed by atoms with Gasteiger partial charge in [0.15, 0.2) is 11.6 Å². The van der Waals surface area contributed by atoms with Crippen LogP contribution in [0, 0.1) is 5.82 Å². The highest BCUT2D eigenvalue weighted by molar-refractivity contribution is 8.15. The molecule has 1 N–H and O–H groups in total.